The molecule has 0 spiro atoms. The molecule has 0 saturated carbocycles. The van der Waals surface area contributed by atoms with Gasteiger partial charge in [0.1, 0.15) is 0 Å². The van der Waals surface area contributed by atoms with Gasteiger partial charge in [-0.3, -0.25) is 0 Å². The molecule has 0 aromatic carbocycles. The van der Waals surface area contributed by atoms with E-state index in [0.717, 1.165) is 5.69 Å². The molecule has 1 heterocycles. The van der Waals surface area contributed by atoms with E-state index < -0.39 is 8.32 Å². The molecule has 5 heteroatoms. The van der Waals surface area contributed by atoms with Crippen LogP contribution >= 0.6 is 0 Å². The van der Waals surface area contributed by atoms with Gasteiger partial charge in [0.05, 0.1) is 31.4 Å². The lowest BCUT2D eigenvalue weighted by Gasteiger charge is -2.36. The number of imidazole rings is 1. The van der Waals surface area contributed by atoms with Crippen LogP contribution in [-0.4, -0.2) is 24.4 Å². The molecule has 1 rings (SSSR count). The number of hydrogen-bond acceptors (Lipinski definition) is 2. The molecule has 0 aliphatic heterocycles. The Kier molecular flexibility index (Phi) is 4.71. The fraction of sp³-hybridized carbons (Fsp3) is 0.692. The smallest absolute Gasteiger partial charge is 0.232 e. The summed E-state index contributed by atoms with van der Waals surface area (Å²) in [5.41, 5.74) is 1.06. The van der Waals surface area contributed by atoms with Crippen molar-refractivity contribution in [3.8, 4) is 0 Å². The fourth-order valence-electron chi connectivity index (χ4n) is 1.30. The zero-order valence-electron chi connectivity index (χ0n) is 12.0. The Morgan fingerprint density at radius 1 is 1.44 bits per heavy atom. The first-order valence-electron chi connectivity index (χ1n) is 6.24. The molecule has 0 N–H and O–H groups in total. The van der Waals surface area contributed by atoms with E-state index in [9.17, 15) is 0 Å². The van der Waals surface area contributed by atoms with Crippen LogP contribution in [0.3, 0.4) is 0 Å². The van der Waals surface area contributed by atoms with Gasteiger partial charge < -0.3 is 13.8 Å². The zero-order valence-corrected chi connectivity index (χ0v) is 13.0. The molecular weight excluding hydrogens is 242 g/mol. The number of aromatic nitrogens is 2. The molecule has 0 atom stereocenters. The van der Waals surface area contributed by atoms with Crippen LogP contribution in [0.2, 0.25) is 18.1 Å². The SMILES string of the molecule is [C-]#[N+]CCn1cncc1CO[Si](C)(C)C(C)(C)C. The molecule has 0 unspecified atom stereocenters. The minimum absolute atomic E-state index is 0.217. The maximum Gasteiger partial charge on any atom is 0.232 e. The van der Waals surface area contributed by atoms with E-state index in [0.29, 0.717) is 19.7 Å². The van der Waals surface area contributed by atoms with Gasteiger partial charge in [-0.2, -0.15) is 0 Å². The van der Waals surface area contributed by atoms with Crippen molar-refractivity contribution in [1.82, 2.24) is 9.55 Å². The summed E-state index contributed by atoms with van der Waals surface area (Å²) in [7, 11) is -1.72. The van der Waals surface area contributed by atoms with Crippen LogP contribution in [0.25, 0.3) is 4.85 Å². The average Bonchev–Trinajstić information content (AvgIpc) is 2.69. The quantitative estimate of drug-likeness (QED) is 0.604. The first kappa shape index (κ1) is 14.9. The lowest BCUT2D eigenvalue weighted by Crippen LogP contribution is -2.40. The largest absolute Gasteiger partial charge is 0.411 e. The van der Waals surface area contributed by atoms with Crippen LogP contribution in [0.5, 0.6) is 0 Å². The van der Waals surface area contributed by atoms with Gasteiger partial charge >= 0.3 is 0 Å². The van der Waals surface area contributed by atoms with Gasteiger partial charge in [-0.15, -0.1) is 0 Å². The summed E-state index contributed by atoms with van der Waals surface area (Å²) in [6.45, 7) is 19.8. The molecule has 0 aliphatic carbocycles. The molecule has 1 aromatic rings. The Balaban J connectivity index is 2.64. The highest BCUT2D eigenvalue weighted by atomic mass is 28.4. The second-order valence-electron chi connectivity index (χ2n) is 6.01. The van der Waals surface area contributed by atoms with E-state index >= 15 is 0 Å². The third-order valence-electron chi connectivity index (χ3n) is 3.64. The van der Waals surface area contributed by atoms with Crippen molar-refractivity contribution in [1.29, 1.82) is 0 Å². The molecule has 100 valence electrons. The van der Waals surface area contributed by atoms with Crippen molar-refractivity contribution in [2.45, 2.75) is 52.1 Å². The van der Waals surface area contributed by atoms with E-state index in [4.69, 9.17) is 11.0 Å². The highest BCUT2D eigenvalue weighted by Crippen LogP contribution is 2.36. The monoisotopic (exact) mass is 265 g/mol. The molecule has 0 radical (unpaired) electrons. The zero-order chi connectivity index (χ0) is 13.8. The Hall–Kier alpha value is -1.12. The minimum atomic E-state index is -1.72. The van der Waals surface area contributed by atoms with Gasteiger partial charge in [0.15, 0.2) is 8.32 Å². The van der Waals surface area contributed by atoms with E-state index in [-0.39, 0.29) is 5.04 Å². The van der Waals surface area contributed by atoms with E-state index in [1.807, 2.05) is 10.8 Å². The highest BCUT2D eigenvalue weighted by Gasteiger charge is 2.37. The van der Waals surface area contributed by atoms with Crippen molar-refractivity contribution in [3.05, 3.63) is 29.6 Å². The lowest BCUT2D eigenvalue weighted by atomic mass is 10.2. The summed E-state index contributed by atoms with van der Waals surface area (Å²) in [4.78, 5) is 7.50. The van der Waals surface area contributed by atoms with E-state index in [2.05, 4.69) is 43.7 Å². The van der Waals surface area contributed by atoms with Gasteiger partial charge in [0.2, 0.25) is 6.54 Å². The van der Waals surface area contributed by atoms with Crippen LogP contribution in [-0.2, 0) is 17.6 Å². The second kappa shape index (κ2) is 5.68. The Morgan fingerprint density at radius 3 is 2.67 bits per heavy atom. The Bertz CT molecular complexity index is 426. The molecule has 18 heavy (non-hydrogen) atoms. The highest BCUT2D eigenvalue weighted by molar-refractivity contribution is 6.74. The summed E-state index contributed by atoms with van der Waals surface area (Å²) in [6.07, 6.45) is 3.60. The average molecular weight is 265 g/mol. The van der Waals surface area contributed by atoms with Gasteiger partial charge in [0, 0.05) is 0 Å². The number of hydrogen-bond donors (Lipinski definition) is 0. The summed E-state index contributed by atoms with van der Waals surface area (Å²) >= 11 is 0. The fourth-order valence-corrected chi connectivity index (χ4v) is 2.24. The van der Waals surface area contributed by atoms with Crippen molar-refractivity contribution < 1.29 is 4.43 Å². The van der Waals surface area contributed by atoms with E-state index in [1.165, 1.54) is 0 Å². The molecule has 0 aliphatic rings. The lowest BCUT2D eigenvalue weighted by molar-refractivity contribution is 0.267. The summed E-state index contributed by atoms with van der Waals surface area (Å²) in [6, 6.07) is 0. The predicted molar refractivity (Wildman–Crippen MR) is 75.7 cm³/mol. The van der Waals surface area contributed by atoms with Gasteiger partial charge in [-0.25, -0.2) is 11.6 Å². The predicted octanol–water partition coefficient (Wildman–Crippen LogP) is 3.32. The summed E-state index contributed by atoms with van der Waals surface area (Å²) in [5, 5.41) is 0.217. The Morgan fingerprint density at radius 2 is 2.11 bits per heavy atom. The number of nitrogens with zero attached hydrogens (tertiary/aromatic N) is 3. The Labute approximate surface area is 111 Å². The summed E-state index contributed by atoms with van der Waals surface area (Å²) in [5.74, 6) is 0. The first-order valence-corrected chi connectivity index (χ1v) is 9.15. The maximum absolute atomic E-state index is 6.83. The van der Waals surface area contributed by atoms with Crippen LogP contribution in [0, 0.1) is 6.57 Å². The third kappa shape index (κ3) is 3.69. The van der Waals surface area contributed by atoms with Crippen molar-refractivity contribution in [2.75, 3.05) is 6.54 Å². The minimum Gasteiger partial charge on any atom is -0.411 e. The molecular formula is C13H23N3OSi. The van der Waals surface area contributed by atoms with Gasteiger partial charge in [-0.1, -0.05) is 20.8 Å². The molecule has 0 saturated heterocycles. The molecule has 4 nitrogen and oxygen atoms in total. The van der Waals surface area contributed by atoms with Crippen LogP contribution in [0.4, 0.5) is 0 Å². The van der Waals surface area contributed by atoms with Crippen LogP contribution < -0.4 is 0 Å². The van der Waals surface area contributed by atoms with E-state index in [1.54, 1.807) is 6.33 Å². The topological polar surface area (TPSA) is 31.4 Å². The number of rotatable bonds is 5. The molecule has 1 aromatic heterocycles. The molecule has 0 amide bonds. The van der Waals surface area contributed by atoms with Crippen molar-refractivity contribution in [2.24, 2.45) is 0 Å². The third-order valence-corrected chi connectivity index (χ3v) is 8.12. The van der Waals surface area contributed by atoms with Gasteiger partial charge in [-0.05, 0) is 18.1 Å². The normalized spacial score (nSPS) is 12.4. The first-order chi connectivity index (χ1) is 8.28. The van der Waals surface area contributed by atoms with Crippen LogP contribution in [0.15, 0.2) is 12.5 Å². The van der Waals surface area contributed by atoms with Crippen LogP contribution in [0.1, 0.15) is 26.5 Å². The molecule has 0 fully saturated rings. The van der Waals surface area contributed by atoms with Crippen molar-refractivity contribution >= 4 is 8.32 Å². The van der Waals surface area contributed by atoms with Gasteiger partial charge in [0.25, 0.3) is 0 Å². The van der Waals surface area contributed by atoms with Crippen molar-refractivity contribution in [3.63, 3.8) is 0 Å². The standard InChI is InChI=1S/C13H23N3OSi/c1-13(2,3)18(5,6)17-10-12-9-15-11-16(12)8-7-14-4/h9,11H,7-8,10H2,1-3,5-6H3. The maximum atomic E-state index is 6.83. The second-order valence-corrected chi connectivity index (χ2v) is 10.8. The summed E-state index contributed by atoms with van der Waals surface area (Å²) < 4.78 is 8.16. The molecule has 0 bridgehead atoms.